The van der Waals surface area contributed by atoms with Crippen molar-refractivity contribution < 1.29 is 9.53 Å². The molecule has 0 aliphatic rings. The molecule has 0 aliphatic carbocycles. The van der Waals surface area contributed by atoms with E-state index in [1.165, 1.54) is 0 Å². The molecule has 0 radical (unpaired) electrons. The van der Waals surface area contributed by atoms with Crippen LogP contribution in [0.5, 0.6) is 0 Å². The van der Waals surface area contributed by atoms with Gasteiger partial charge in [0.15, 0.2) is 0 Å². The summed E-state index contributed by atoms with van der Waals surface area (Å²) in [6.45, 7) is 4.24. The number of carbonyl (C=O) groups is 1. The maximum atomic E-state index is 11.7. The number of aryl methyl sites for hydroxylation is 1. The molecule has 2 rings (SSSR count). The van der Waals surface area contributed by atoms with Crippen molar-refractivity contribution in [3.8, 4) is 11.1 Å². The molecule has 0 atom stereocenters. The first kappa shape index (κ1) is 14.6. The van der Waals surface area contributed by atoms with Gasteiger partial charge in [0.2, 0.25) is 0 Å². The van der Waals surface area contributed by atoms with Crippen molar-refractivity contribution in [1.29, 1.82) is 0 Å². The summed E-state index contributed by atoms with van der Waals surface area (Å²) in [6.07, 6.45) is 0.905. The van der Waals surface area contributed by atoms with Crippen molar-refractivity contribution in [3.63, 3.8) is 0 Å². The zero-order valence-electron chi connectivity index (χ0n) is 11.7. The molecule has 2 aromatic carbocycles. The van der Waals surface area contributed by atoms with Gasteiger partial charge in [0.05, 0.1) is 12.2 Å². The molecular formula is C17H17ClO2. The molecular weight excluding hydrogens is 272 g/mol. The Kier molecular flexibility index (Phi) is 4.80. The fourth-order valence-electron chi connectivity index (χ4n) is 2.05. The summed E-state index contributed by atoms with van der Waals surface area (Å²) >= 11 is 6.24. The highest BCUT2D eigenvalue weighted by Crippen LogP contribution is 2.26. The van der Waals surface area contributed by atoms with Gasteiger partial charge in [0, 0.05) is 5.02 Å². The molecule has 0 aromatic heterocycles. The van der Waals surface area contributed by atoms with Crippen LogP contribution in [0.1, 0.15) is 29.8 Å². The highest BCUT2D eigenvalue weighted by atomic mass is 35.5. The summed E-state index contributed by atoms with van der Waals surface area (Å²) in [6, 6.07) is 13.4. The van der Waals surface area contributed by atoms with Crippen molar-refractivity contribution in [2.75, 3.05) is 6.61 Å². The van der Waals surface area contributed by atoms with Gasteiger partial charge in [0.25, 0.3) is 0 Å². The fraction of sp³-hybridized carbons (Fsp3) is 0.235. The lowest BCUT2D eigenvalue weighted by Gasteiger charge is -2.08. The van der Waals surface area contributed by atoms with Gasteiger partial charge in [-0.2, -0.15) is 0 Å². The van der Waals surface area contributed by atoms with Gasteiger partial charge < -0.3 is 4.74 Å². The van der Waals surface area contributed by atoms with Crippen LogP contribution in [0.3, 0.4) is 0 Å². The average molecular weight is 289 g/mol. The second-order valence-electron chi connectivity index (χ2n) is 4.46. The normalized spacial score (nSPS) is 10.3. The third kappa shape index (κ3) is 3.20. The second kappa shape index (κ2) is 6.58. The van der Waals surface area contributed by atoms with E-state index in [1.807, 2.05) is 36.4 Å². The van der Waals surface area contributed by atoms with E-state index < -0.39 is 0 Å². The lowest BCUT2D eigenvalue weighted by Crippen LogP contribution is -2.04. The lowest BCUT2D eigenvalue weighted by atomic mass is 10.0. The summed E-state index contributed by atoms with van der Waals surface area (Å²) in [4.78, 5) is 11.7. The molecule has 0 bridgehead atoms. The number of benzene rings is 2. The minimum absolute atomic E-state index is 0.300. The number of hydrogen-bond donors (Lipinski definition) is 0. The molecule has 0 saturated heterocycles. The Morgan fingerprint density at radius 1 is 1.10 bits per heavy atom. The molecule has 0 saturated carbocycles. The number of halogens is 1. The predicted molar refractivity (Wildman–Crippen MR) is 82.2 cm³/mol. The quantitative estimate of drug-likeness (QED) is 0.759. The summed E-state index contributed by atoms with van der Waals surface area (Å²) in [7, 11) is 0. The minimum Gasteiger partial charge on any atom is -0.462 e. The largest absolute Gasteiger partial charge is 0.462 e. The first-order chi connectivity index (χ1) is 9.65. The van der Waals surface area contributed by atoms with Gasteiger partial charge in [-0.15, -0.1) is 0 Å². The molecule has 0 heterocycles. The molecule has 104 valence electrons. The van der Waals surface area contributed by atoms with E-state index in [2.05, 4.69) is 6.92 Å². The number of carbonyl (C=O) groups excluding carboxylic acids is 1. The van der Waals surface area contributed by atoms with Gasteiger partial charge in [-0.25, -0.2) is 4.79 Å². The topological polar surface area (TPSA) is 26.3 Å². The molecule has 3 heteroatoms. The fourth-order valence-corrected chi connectivity index (χ4v) is 2.37. The first-order valence-electron chi connectivity index (χ1n) is 6.71. The Morgan fingerprint density at radius 3 is 2.50 bits per heavy atom. The van der Waals surface area contributed by atoms with Crippen LogP contribution in [-0.2, 0) is 11.2 Å². The summed E-state index contributed by atoms with van der Waals surface area (Å²) < 4.78 is 5.01. The zero-order valence-corrected chi connectivity index (χ0v) is 12.4. The summed E-state index contributed by atoms with van der Waals surface area (Å²) in [5, 5.41) is 0.756. The molecule has 0 spiro atoms. The Morgan fingerprint density at radius 2 is 1.85 bits per heavy atom. The van der Waals surface area contributed by atoms with Gasteiger partial charge >= 0.3 is 5.97 Å². The summed E-state index contributed by atoms with van der Waals surface area (Å²) in [5.41, 5.74) is 3.63. The van der Waals surface area contributed by atoms with E-state index in [0.29, 0.717) is 12.2 Å². The third-order valence-corrected chi connectivity index (χ3v) is 3.49. The van der Waals surface area contributed by atoms with E-state index in [0.717, 1.165) is 28.1 Å². The number of ether oxygens (including phenoxy) is 1. The Bertz CT molecular complexity index is 620. The smallest absolute Gasteiger partial charge is 0.338 e. The Labute approximate surface area is 124 Å². The van der Waals surface area contributed by atoms with Gasteiger partial charge in [-0.05, 0) is 48.2 Å². The molecule has 0 aliphatic heterocycles. The van der Waals surface area contributed by atoms with Crippen molar-refractivity contribution >= 4 is 17.6 Å². The zero-order chi connectivity index (χ0) is 14.5. The van der Waals surface area contributed by atoms with Crippen molar-refractivity contribution in [1.82, 2.24) is 0 Å². The van der Waals surface area contributed by atoms with E-state index in [1.54, 1.807) is 13.0 Å². The van der Waals surface area contributed by atoms with Crippen LogP contribution in [0.15, 0.2) is 42.5 Å². The second-order valence-corrected chi connectivity index (χ2v) is 4.87. The minimum atomic E-state index is -0.300. The molecule has 2 nitrogen and oxygen atoms in total. The van der Waals surface area contributed by atoms with Crippen molar-refractivity contribution in [2.24, 2.45) is 0 Å². The van der Waals surface area contributed by atoms with E-state index >= 15 is 0 Å². The standard InChI is InChI=1S/C17H17ClO2/c1-3-12-8-9-14(11-16(12)18)13-6-5-7-15(10-13)17(19)20-4-2/h5-11H,3-4H2,1-2H3. The van der Waals surface area contributed by atoms with Crippen LogP contribution in [0.25, 0.3) is 11.1 Å². The first-order valence-corrected chi connectivity index (χ1v) is 7.09. The summed E-state index contributed by atoms with van der Waals surface area (Å²) in [5.74, 6) is -0.300. The predicted octanol–water partition coefficient (Wildman–Crippen LogP) is 4.75. The molecule has 0 amide bonds. The Balaban J connectivity index is 2.36. The molecule has 0 unspecified atom stereocenters. The SMILES string of the molecule is CCOC(=O)c1cccc(-c2ccc(CC)c(Cl)c2)c1. The maximum absolute atomic E-state index is 11.7. The average Bonchev–Trinajstić information content (AvgIpc) is 2.47. The monoisotopic (exact) mass is 288 g/mol. The molecule has 0 N–H and O–H groups in total. The number of hydrogen-bond acceptors (Lipinski definition) is 2. The van der Waals surface area contributed by atoms with E-state index in [-0.39, 0.29) is 5.97 Å². The van der Waals surface area contributed by atoms with Crippen LogP contribution >= 0.6 is 11.6 Å². The van der Waals surface area contributed by atoms with Crippen LogP contribution in [0.2, 0.25) is 5.02 Å². The van der Waals surface area contributed by atoms with Gasteiger partial charge in [-0.3, -0.25) is 0 Å². The van der Waals surface area contributed by atoms with Crippen LogP contribution < -0.4 is 0 Å². The molecule has 2 aromatic rings. The number of rotatable bonds is 4. The van der Waals surface area contributed by atoms with Crippen molar-refractivity contribution in [2.45, 2.75) is 20.3 Å². The lowest BCUT2D eigenvalue weighted by molar-refractivity contribution is 0.0526. The van der Waals surface area contributed by atoms with E-state index in [9.17, 15) is 4.79 Å². The van der Waals surface area contributed by atoms with Gasteiger partial charge in [0.1, 0.15) is 0 Å². The Hall–Kier alpha value is -1.80. The highest BCUT2D eigenvalue weighted by Gasteiger charge is 2.08. The van der Waals surface area contributed by atoms with Crippen molar-refractivity contribution in [3.05, 3.63) is 58.6 Å². The maximum Gasteiger partial charge on any atom is 0.338 e. The third-order valence-electron chi connectivity index (χ3n) is 3.14. The molecule has 20 heavy (non-hydrogen) atoms. The molecule has 0 fully saturated rings. The highest BCUT2D eigenvalue weighted by molar-refractivity contribution is 6.31. The van der Waals surface area contributed by atoms with Crippen LogP contribution in [0, 0.1) is 0 Å². The van der Waals surface area contributed by atoms with Crippen LogP contribution in [0.4, 0.5) is 0 Å². The number of esters is 1. The van der Waals surface area contributed by atoms with Gasteiger partial charge in [-0.1, -0.05) is 42.8 Å². The van der Waals surface area contributed by atoms with E-state index in [4.69, 9.17) is 16.3 Å². The van der Waals surface area contributed by atoms with Crippen LogP contribution in [-0.4, -0.2) is 12.6 Å².